The van der Waals surface area contributed by atoms with E-state index in [9.17, 15) is 4.79 Å². The van der Waals surface area contributed by atoms with E-state index in [4.69, 9.17) is 21.1 Å². The first kappa shape index (κ1) is 18.0. The van der Waals surface area contributed by atoms with Gasteiger partial charge in [0, 0.05) is 41.7 Å². The van der Waals surface area contributed by atoms with Gasteiger partial charge in [0.2, 0.25) is 5.88 Å². The third-order valence-corrected chi connectivity index (χ3v) is 3.76. The zero-order valence-corrected chi connectivity index (χ0v) is 14.8. The molecule has 7 heteroatoms. The van der Waals surface area contributed by atoms with Gasteiger partial charge in [-0.15, -0.1) is 0 Å². The van der Waals surface area contributed by atoms with Gasteiger partial charge in [0.15, 0.2) is 18.2 Å². The van der Waals surface area contributed by atoms with Crippen molar-refractivity contribution < 1.29 is 14.3 Å². The van der Waals surface area contributed by atoms with Gasteiger partial charge < -0.3 is 9.47 Å². The first-order chi connectivity index (χ1) is 12.7. The largest absolute Gasteiger partial charge is 0.469 e. The highest BCUT2D eigenvalue weighted by Crippen LogP contribution is 2.19. The lowest BCUT2D eigenvalue weighted by Crippen LogP contribution is -2.13. The maximum Gasteiger partial charge on any atom is 0.217 e. The molecule has 0 bridgehead atoms. The molecule has 0 atom stereocenters. The van der Waals surface area contributed by atoms with Crippen molar-refractivity contribution in [3.63, 3.8) is 0 Å². The number of rotatable bonds is 7. The molecule has 0 saturated heterocycles. The van der Waals surface area contributed by atoms with Gasteiger partial charge in [-0.2, -0.15) is 4.98 Å². The third-order valence-electron chi connectivity index (χ3n) is 3.50. The Morgan fingerprint density at radius 1 is 1.08 bits per heavy atom. The van der Waals surface area contributed by atoms with Crippen LogP contribution in [0.25, 0.3) is 11.4 Å². The van der Waals surface area contributed by atoms with Crippen LogP contribution in [0.3, 0.4) is 0 Å². The molecule has 26 heavy (non-hydrogen) atoms. The van der Waals surface area contributed by atoms with E-state index in [1.165, 1.54) is 0 Å². The quantitative estimate of drug-likeness (QED) is 0.592. The molecule has 0 unspecified atom stereocenters. The van der Waals surface area contributed by atoms with E-state index in [-0.39, 0.29) is 12.4 Å². The van der Waals surface area contributed by atoms with Gasteiger partial charge in [0.05, 0.1) is 12.3 Å². The fourth-order valence-corrected chi connectivity index (χ4v) is 2.38. The van der Waals surface area contributed by atoms with Crippen LogP contribution < -0.4 is 4.74 Å². The molecule has 0 aliphatic heterocycles. The Morgan fingerprint density at radius 3 is 2.50 bits per heavy atom. The summed E-state index contributed by atoms with van der Waals surface area (Å²) in [6, 6.07) is 11.9. The zero-order valence-electron chi connectivity index (χ0n) is 14.1. The topological polar surface area (TPSA) is 74.2 Å². The minimum atomic E-state index is -0.168. The van der Waals surface area contributed by atoms with Gasteiger partial charge in [0.25, 0.3) is 0 Å². The van der Waals surface area contributed by atoms with E-state index in [0.29, 0.717) is 34.6 Å². The SMILES string of the molecule is COCc1cc(OCC(=O)c2ccc(Cl)cc2)nc(-c2ccncc2)n1. The van der Waals surface area contributed by atoms with Crippen molar-refractivity contribution in [2.24, 2.45) is 0 Å². The van der Waals surface area contributed by atoms with Crippen LogP contribution >= 0.6 is 11.6 Å². The predicted molar refractivity (Wildman–Crippen MR) is 97.3 cm³/mol. The molecule has 0 radical (unpaired) electrons. The second-order valence-corrected chi connectivity index (χ2v) is 5.85. The summed E-state index contributed by atoms with van der Waals surface area (Å²) in [4.78, 5) is 25.1. The van der Waals surface area contributed by atoms with E-state index in [0.717, 1.165) is 5.56 Å². The summed E-state index contributed by atoms with van der Waals surface area (Å²) in [5.74, 6) is 0.621. The van der Waals surface area contributed by atoms with Crippen LogP contribution in [0.2, 0.25) is 5.02 Å². The number of hydrogen-bond donors (Lipinski definition) is 0. The van der Waals surface area contributed by atoms with Crippen molar-refractivity contribution >= 4 is 17.4 Å². The average Bonchev–Trinajstić information content (AvgIpc) is 2.67. The number of aromatic nitrogens is 3. The monoisotopic (exact) mass is 369 g/mol. The minimum Gasteiger partial charge on any atom is -0.469 e. The number of benzene rings is 1. The summed E-state index contributed by atoms with van der Waals surface area (Å²) in [6.07, 6.45) is 3.32. The molecule has 0 aliphatic carbocycles. The Morgan fingerprint density at radius 2 is 1.81 bits per heavy atom. The normalized spacial score (nSPS) is 10.5. The van der Waals surface area contributed by atoms with Crippen molar-refractivity contribution in [2.45, 2.75) is 6.61 Å². The molecular weight excluding hydrogens is 354 g/mol. The van der Waals surface area contributed by atoms with Crippen molar-refractivity contribution in [3.05, 3.63) is 71.1 Å². The highest BCUT2D eigenvalue weighted by molar-refractivity contribution is 6.30. The fraction of sp³-hybridized carbons (Fsp3) is 0.158. The molecule has 0 N–H and O–H groups in total. The van der Waals surface area contributed by atoms with Gasteiger partial charge in [-0.25, -0.2) is 4.98 Å². The van der Waals surface area contributed by atoms with Crippen molar-refractivity contribution in [1.82, 2.24) is 15.0 Å². The molecule has 0 aliphatic rings. The minimum absolute atomic E-state index is 0.138. The molecule has 1 aromatic carbocycles. The van der Waals surface area contributed by atoms with Gasteiger partial charge in [-0.1, -0.05) is 11.6 Å². The van der Waals surface area contributed by atoms with E-state index >= 15 is 0 Å². The number of hydrogen-bond acceptors (Lipinski definition) is 6. The number of ketones is 1. The molecule has 3 rings (SSSR count). The van der Waals surface area contributed by atoms with Crippen LogP contribution in [0.1, 0.15) is 16.1 Å². The van der Waals surface area contributed by atoms with Crippen LogP contribution in [-0.2, 0) is 11.3 Å². The number of nitrogens with zero attached hydrogens (tertiary/aromatic N) is 3. The Bertz CT molecular complexity index is 886. The Balaban J connectivity index is 1.79. The number of methoxy groups -OCH3 is 1. The van der Waals surface area contributed by atoms with Crippen LogP contribution in [0.5, 0.6) is 5.88 Å². The van der Waals surface area contributed by atoms with Crippen LogP contribution in [0.15, 0.2) is 54.9 Å². The highest BCUT2D eigenvalue weighted by Gasteiger charge is 2.11. The average molecular weight is 370 g/mol. The molecule has 0 amide bonds. The van der Waals surface area contributed by atoms with E-state index in [2.05, 4.69) is 15.0 Å². The number of carbonyl (C=O) groups is 1. The highest BCUT2D eigenvalue weighted by atomic mass is 35.5. The molecule has 2 heterocycles. The summed E-state index contributed by atoms with van der Waals surface area (Å²) < 4.78 is 10.7. The Kier molecular flexibility index (Phi) is 5.88. The number of halogens is 1. The summed E-state index contributed by atoms with van der Waals surface area (Å²) in [5, 5.41) is 0.574. The lowest BCUT2D eigenvalue weighted by molar-refractivity contribution is 0.0917. The summed E-state index contributed by atoms with van der Waals surface area (Å²) >= 11 is 5.84. The maximum atomic E-state index is 12.3. The fourth-order valence-electron chi connectivity index (χ4n) is 2.26. The molecule has 2 aromatic heterocycles. The van der Waals surface area contributed by atoms with Gasteiger partial charge in [-0.3, -0.25) is 9.78 Å². The predicted octanol–water partition coefficient (Wildman–Crippen LogP) is 3.60. The molecule has 0 spiro atoms. The van der Waals surface area contributed by atoms with Gasteiger partial charge in [0.1, 0.15) is 0 Å². The molecular formula is C19H16ClN3O3. The second kappa shape index (κ2) is 8.51. The van der Waals surface area contributed by atoms with Crippen molar-refractivity contribution in [2.75, 3.05) is 13.7 Å². The first-order valence-electron chi connectivity index (χ1n) is 7.84. The van der Waals surface area contributed by atoms with Crippen molar-refractivity contribution in [1.29, 1.82) is 0 Å². The summed E-state index contributed by atoms with van der Waals surface area (Å²) in [5.41, 5.74) is 1.98. The van der Waals surface area contributed by atoms with Crippen LogP contribution in [0.4, 0.5) is 0 Å². The van der Waals surface area contributed by atoms with Gasteiger partial charge >= 0.3 is 0 Å². The smallest absolute Gasteiger partial charge is 0.217 e. The molecule has 3 aromatic rings. The molecule has 0 fully saturated rings. The summed E-state index contributed by atoms with van der Waals surface area (Å²) in [7, 11) is 1.58. The number of ether oxygens (including phenoxy) is 2. The third kappa shape index (κ3) is 4.62. The summed E-state index contributed by atoms with van der Waals surface area (Å²) in [6.45, 7) is 0.170. The molecule has 0 saturated carbocycles. The number of pyridine rings is 1. The number of carbonyl (C=O) groups excluding carboxylic acids is 1. The van der Waals surface area contributed by atoms with E-state index < -0.39 is 0 Å². The lowest BCUT2D eigenvalue weighted by Gasteiger charge is -2.09. The van der Waals surface area contributed by atoms with E-state index in [1.54, 1.807) is 62.0 Å². The van der Waals surface area contributed by atoms with Crippen molar-refractivity contribution in [3.8, 4) is 17.3 Å². The lowest BCUT2D eigenvalue weighted by atomic mass is 10.1. The van der Waals surface area contributed by atoms with Crippen LogP contribution in [0, 0.1) is 0 Å². The number of Topliss-reactive ketones (excluding diaryl/α,β-unsaturated/α-hetero) is 1. The Hall–Kier alpha value is -2.83. The molecule has 6 nitrogen and oxygen atoms in total. The Labute approximate surface area is 155 Å². The standard InChI is InChI=1S/C19H16ClN3O3/c1-25-11-16-10-18(23-19(22-16)14-6-8-21-9-7-14)26-12-17(24)13-2-4-15(20)5-3-13/h2-10H,11-12H2,1H3. The van der Waals surface area contributed by atoms with E-state index in [1.807, 2.05) is 0 Å². The second-order valence-electron chi connectivity index (χ2n) is 5.41. The maximum absolute atomic E-state index is 12.3. The molecule has 132 valence electrons. The first-order valence-corrected chi connectivity index (χ1v) is 8.22. The zero-order chi connectivity index (χ0) is 18.4. The van der Waals surface area contributed by atoms with Crippen LogP contribution in [-0.4, -0.2) is 34.5 Å². The van der Waals surface area contributed by atoms with Gasteiger partial charge in [-0.05, 0) is 36.4 Å².